The molecule has 1 aromatic rings. The van der Waals surface area contributed by atoms with Crippen molar-refractivity contribution in [3.05, 3.63) is 5.82 Å². The Kier molecular flexibility index (Phi) is 5.42. The molecule has 2 rings (SSSR count). The minimum absolute atomic E-state index is 0.0353. The number of rotatable bonds is 7. The van der Waals surface area contributed by atoms with E-state index in [0.717, 1.165) is 43.6 Å². The third-order valence-electron chi connectivity index (χ3n) is 3.69. The quantitative estimate of drug-likeness (QED) is 0.766. The van der Waals surface area contributed by atoms with Crippen LogP contribution in [-0.2, 0) is 17.8 Å². The first-order chi connectivity index (χ1) is 9.63. The van der Waals surface area contributed by atoms with Crippen LogP contribution in [0.5, 0.6) is 0 Å². The standard InChI is InChI=1S/C13H22N4O2S/c1-3-11-14-15-13(20-9-12(18)19)17(11)8-10-5-6-16(4-2)7-10/h10H,3-9H2,1-2H3,(H,18,19). The Balaban J connectivity index is 2.04. The van der Waals surface area contributed by atoms with Crippen LogP contribution in [0.4, 0.5) is 0 Å². The monoisotopic (exact) mass is 298 g/mol. The fourth-order valence-corrected chi connectivity index (χ4v) is 3.29. The van der Waals surface area contributed by atoms with Crippen molar-refractivity contribution in [3.63, 3.8) is 0 Å². The summed E-state index contributed by atoms with van der Waals surface area (Å²) in [7, 11) is 0. The summed E-state index contributed by atoms with van der Waals surface area (Å²) in [5.41, 5.74) is 0. The highest BCUT2D eigenvalue weighted by molar-refractivity contribution is 7.99. The minimum atomic E-state index is -0.819. The van der Waals surface area contributed by atoms with Gasteiger partial charge in [-0.3, -0.25) is 4.79 Å². The summed E-state index contributed by atoms with van der Waals surface area (Å²) in [5, 5.41) is 17.8. The second kappa shape index (κ2) is 7.08. The molecule has 0 spiro atoms. The van der Waals surface area contributed by atoms with Crippen LogP contribution in [0, 0.1) is 5.92 Å². The molecule has 0 radical (unpaired) electrons. The second-order valence-corrected chi connectivity index (χ2v) is 6.04. The summed E-state index contributed by atoms with van der Waals surface area (Å²) in [6.45, 7) is 8.50. The average Bonchev–Trinajstić information content (AvgIpc) is 3.03. The summed E-state index contributed by atoms with van der Waals surface area (Å²) in [4.78, 5) is 13.2. The minimum Gasteiger partial charge on any atom is -0.481 e. The molecule has 1 aromatic heterocycles. The first-order valence-electron chi connectivity index (χ1n) is 7.13. The topological polar surface area (TPSA) is 71.2 Å². The zero-order valence-corrected chi connectivity index (χ0v) is 12.9. The van der Waals surface area contributed by atoms with Gasteiger partial charge in [-0.25, -0.2) is 0 Å². The van der Waals surface area contributed by atoms with E-state index in [1.165, 1.54) is 18.2 Å². The van der Waals surface area contributed by atoms with Crippen LogP contribution in [0.15, 0.2) is 5.16 Å². The van der Waals surface area contributed by atoms with Crippen LogP contribution < -0.4 is 0 Å². The number of hydrogen-bond donors (Lipinski definition) is 1. The number of carboxylic acid groups (broad SMARTS) is 1. The highest BCUT2D eigenvalue weighted by atomic mass is 32.2. The Bertz CT molecular complexity index is 463. The largest absolute Gasteiger partial charge is 0.481 e. The van der Waals surface area contributed by atoms with E-state index in [2.05, 4.69) is 33.5 Å². The number of carbonyl (C=O) groups is 1. The first-order valence-corrected chi connectivity index (χ1v) is 8.11. The van der Waals surface area contributed by atoms with Gasteiger partial charge in [-0.1, -0.05) is 25.6 Å². The molecule has 0 saturated carbocycles. The number of aryl methyl sites for hydroxylation is 1. The van der Waals surface area contributed by atoms with Crippen LogP contribution >= 0.6 is 11.8 Å². The third kappa shape index (κ3) is 3.73. The van der Waals surface area contributed by atoms with Gasteiger partial charge in [-0.15, -0.1) is 10.2 Å². The number of aliphatic carboxylic acids is 1. The van der Waals surface area contributed by atoms with E-state index in [4.69, 9.17) is 5.11 Å². The van der Waals surface area contributed by atoms with Crippen molar-refractivity contribution in [2.45, 2.75) is 38.4 Å². The van der Waals surface area contributed by atoms with Gasteiger partial charge < -0.3 is 14.6 Å². The van der Waals surface area contributed by atoms with Crippen molar-refractivity contribution in [3.8, 4) is 0 Å². The Hall–Kier alpha value is -1.08. The molecule has 20 heavy (non-hydrogen) atoms. The molecule has 1 aliphatic rings. The van der Waals surface area contributed by atoms with Crippen LogP contribution in [0.25, 0.3) is 0 Å². The molecule has 1 aliphatic heterocycles. The lowest BCUT2D eigenvalue weighted by Crippen LogP contribution is -2.22. The maximum Gasteiger partial charge on any atom is 0.313 e. The third-order valence-corrected chi connectivity index (χ3v) is 4.64. The predicted molar refractivity (Wildman–Crippen MR) is 78.0 cm³/mol. The maximum absolute atomic E-state index is 10.7. The molecule has 1 fully saturated rings. The molecule has 0 aromatic carbocycles. The Morgan fingerprint density at radius 3 is 2.85 bits per heavy atom. The smallest absolute Gasteiger partial charge is 0.313 e. The summed E-state index contributed by atoms with van der Waals surface area (Å²) in [5.74, 6) is 0.780. The number of aromatic nitrogens is 3. The van der Waals surface area contributed by atoms with Crippen molar-refractivity contribution in [1.82, 2.24) is 19.7 Å². The average molecular weight is 298 g/mol. The van der Waals surface area contributed by atoms with Gasteiger partial charge in [0, 0.05) is 19.5 Å². The Morgan fingerprint density at radius 1 is 1.45 bits per heavy atom. The van der Waals surface area contributed by atoms with Gasteiger partial charge in [0.1, 0.15) is 5.82 Å². The summed E-state index contributed by atoms with van der Waals surface area (Å²) >= 11 is 1.26. The van der Waals surface area contributed by atoms with Crippen molar-refractivity contribution >= 4 is 17.7 Å². The highest BCUT2D eigenvalue weighted by Crippen LogP contribution is 2.23. The molecule has 1 unspecified atom stereocenters. The zero-order chi connectivity index (χ0) is 14.5. The Labute approximate surface area is 123 Å². The molecule has 1 atom stereocenters. The molecule has 0 bridgehead atoms. The molecular weight excluding hydrogens is 276 g/mol. The van der Waals surface area contributed by atoms with E-state index < -0.39 is 5.97 Å². The van der Waals surface area contributed by atoms with E-state index in [0.29, 0.717) is 5.92 Å². The van der Waals surface area contributed by atoms with Gasteiger partial charge in [-0.05, 0) is 25.4 Å². The van der Waals surface area contributed by atoms with E-state index in [-0.39, 0.29) is 5.75 Å². The summed E-state index contributed by atoms with van der Waals surface area (Å²) < 4.78 is 2.11. The van der Waals surface area contributed by atoms with Crippen LogP contribution in [0.3, 0.4) is 0 Å². The van der Waals surface area contributed by atoms with E-state index in [9.17, 15) is 4.79 Å². The number of thioether (sulfide) groups is 1. The molecule has 6 nitrogen and oxygen atoms in total. The van der Waals surface area contributed by atoms with Crippen molar-refractivity contribution in [1.29, 1.82) is 0 Å². The number of carboxylic acids is 1. The number of nitrogens with zero attached hydrogens (tertiary/aromatic N) is 4. The molecule has 112 valence electrons. The lowest BCUT2D eigenvalue weighted by molar-refractivity contribution is -0.133. The predicted octanol–water partition coefficient (Wildman–Crippen LogP) is 1.36. The fourth-order valence-electron chi connectivity index (χ4n) is 2.60. The summed E-state index contributed by atoms with van der Waals surface area (Å²) in [6, 6.07) is 0. The first kappa shape index (κ1) is 15.3. The molecule has 0 aliphatic carbocycles. The molecule has 2 heterocycles. The summed E-state index contributed by atoms with van der Waals surface area (Å²) in [6.07, 6.45) is 2.02. The second-order valence-electron chi connectivity index (χ2n) is 5.09. The van der Waals surface area contributed by atoms with Gasteiger partial charge in [-0.2, -0.15) is 0 Å². The van der Waals surface area contributed by atoms with Crippen LogP contribution in [0.2, 0.25) is 0 Å². The van der Waals surface area contributed by atoms with Crippen molar-refractivity contribution in [2.75, 3.05) is 25.4 Å². The molecule has 7 heteroatoms. The molecular formula is C13H22N4O2S. The lowest BCUT2D eigenvalue weighted by atomic mass is 10.1. The van der Waals surface area contributed by atoms with E-state index in [1.807, 2.05) is 0 Å². The van der Waals surface area contributed by atoms with Crippen molar-refractivity contribution < 1.29 is 9.90 Å². The number of hydrogen-bond acceptors (Lipinski definition) is 5. The lowest BCUT2D eigenvalue weighted by Gasteiger charge is -2.15. The van der Waals surface area contributed by atoms with Gasteiger partial charge in [0.2, 0.25) is 0 Å². The van der Waals surface area contributed by atoms with Crippen LogP contribution in [0.1, 0.15) is 26.1 Å². The van der Waals surface area contributed by atoms with Gasteiger partial charge in [0.15, 0.2) is 5.16 Å². The van der Waals surface area contributed by atoms with Gasteiger partial charge >= 0.3 is 5.97 Å². The number of likely N-dealkylation sites (tertiary alicyclic amines) is 1. The highest BCUT2D eigenvalue weighted by Gasteiger charge is 2.24. The maximum atomic E-state index is 10.7. The fraction of sp³-hybridized carbons (Fsp3) is 0.769. The van der Waals surface area contributed by atoms with E-state index in [1.54, 1.807) is 0 Å². The molecule has 1 N–H and O–H groups in total. The zero-order valence-electron chi connectivity index (χ0n) is 12.1. The van der Waals surface area contributed by atoms with Gasteiger partial charge in [0.25, 0.3) is 0 Å². The SMILES string of the molecule is CCc1nnc(SCC(=O)O)n1CC1CCN(CC)C1. The van der Waals surface area contributed by atoms with Gasteiger partial charge in [0.05, 0.1) is 5.75 Å². The molecule has 0 amide bonds. The Morgan fingerprint density at radius 2 is 2.25 bits per heavy atom. The normalized spacial score (nSPS) is 19.6. The molecule has 1 saturated heterocycles. The van der Waals surface area contributed by atoms with Crippen LogP contribution in [-0.4, -0.2) is 56.1 Å². The van der Waals surface area contributed by atoms with Crippen molar-refractivity contribution in [2.24, 2.45) is 5.92 Å². The van der Waals surface area contributed by atoms with E-state index >= 15 is 0 Å².